The maximum atomic E-state index is 12.4. The van der Waals surface area contributed by atoms with Crippen LogP contribution < -0.4 is 15.8 Å². The van der Waals surface area contributed by atoms with Gasteiger partial charge in [-0.1, -0.05) is 0 Å². The Balaban J connectivity index is 1.52. The second kappa shape index (κ2) is 8.12. The van der Waals surface area contributed by atoms with Crippen LogP contribution in [0.2, 0.25) is 0 Å². The Morgan fingerprint density at radius 3 is 2.46 bits per heavy atom. The predicted molar refractivity (Wildman–Crippen MR) is 107 cm³/mol. The lowest BCUT2D eigenvalue weighted by Crippen LogP contribution is -2.45. The summed E-state index contributed by atoms with van der Waals surface area (Å²) < 4.78 is 1.80. The number of piperidine rings is 1. The Morgan fingerprint density at radius 1 is 1.21 bits per heavy atom. The number of H-pyrrole nitrogens is 1. The number of carbonyl (C=O) groups excluding carboxylic acids is 1. The first-order valence-electron chi connectivity index (χ1n) is 9.76. The number of nitrogens with zero attached hydrogens (tertiary/aromatic N) is 5. The van der Waals surface area contributed by atoms with Crippen LogP contribution >= 0.6 is 0 Å². The van der Waals surface area contributed by atoms with Gasteiger partial charge in [-0.25, -0.2) is 14.6 Å². The molecule has 0 aromatic carbocycles. The molecule has 1 fully saturated rings. The van der Waals surface area contributed by atoms with Crippen molar-refractivity contribution in [3.8, 4) is 0 Å². The van der Waals surface area contributed by atoms with Crippen molar-refractivity contribution in [3.05, 3.63) is 33.3 Å². The lowest BCUT2D eigenvalue weighted by atomic mass is 10.0. The third-order valence-electron chi connectivity index (χ3n) is 5.35. The smallest absolute Gasteiger partial charge is 0.255 e. The number of hydrogen-bond donors (Lipinski definition) is 2. The number of anilines is 1. The minimum absolute atomic E-state index is 0.0243. The zero-order valence-corrected chi connectivity index (χ0v) is 17.2. The summed E-state index contributed by atoms with van der Waals surface area (Å²) in [6, 6.07) is 0.0962. The van der Waals surface area contributed by atoms with Crippen LogP contribution in [-0.4, -0.2) is 49.8 Å². The van der Waals surface area contributed by atoms with Crippen LogP contribution in [0.3, 0.4) is 0 Å². The molecule has 0 radical (unpaired) electrons. The molecule has 0 aliphatic carbocycles. The van der Waals surface area contributed by atoms with Crippen LogP contribution in [0.15, 0.2) is 4.79 Å². The van der Waals surface area contributed by atoms with E-state index in [1.54, 1.807) is 11.6 Å². The summed E-state index contributed by atoms with van der Waals surface area (Å²) in [5.41, 5.74) is 1.31. The molecule has 28 heavy (non-hydrogen) atoms. The van der Waals surface area contributed by atoms with E-state index in [0.29, 0.717) is 17.9 Å². The second-order valence-electron chi connectivity index (χ2n) is 7.63. The van der Waals surface area contributed by atoms with Crippen LogP contribution in [0, 0.1) is 27.7 Å². The molecular formula is C19H29N7O2. The maximum absolute atomic E-state index is 12.4. The minimum Gasteiger partial charge on any atom is -0.353 e. The van der Waals surface area contributed by atoms with E-state index in [4.69, 9.17) is 0 Å². The van der Waals surface area contributed by atoms with E-state index in [2.05, 4.69) is 30.3 Å². The molecule has 2 N–H and O–H groups in total. The van der Waals surface area contributed by atoms with E-state index in [0.717, 1.165) is 43.3 Å². The van der Waals surface area contributed by atoms with Crippen LogP contribution in [-0.2, 0) is 4.79 Å². The van der Waals surface area contributed by atoms with Gasteiger partial charge in [0.2, 0.25) is 11.9 Å². The molecule has 2 aromatic heterocycles. The summed E-state index contributed by atoms with van der Waals surface area (Å²) in [4.78, 5) is 38.1. The summed E-state index contributed by atoms with van der Waals surface area (Å²) in [6.45, 7) is 10.8. The van der Waals surface area contributed by atoms with Crippen molar-refractivity contribution < 1.29 is 4.79 Å². The van der Waals surface area contributed by atoms with Gasteiger partial charge in [0.15, 0.2) is 0 Å². The van der Waals surface area contributed by atoms with Crippen LogP contribution in [0.5, 0.6) is 0 Å². The van der Waals surface area contributed by atoms with Gasteiger partial charge in [-0.3, -0.25) is 14.6 Å². The normalized spacial score (nSPS) is 16.2. The van der Waals surface area contributed by atoms with E-state index < -0.39 is 0 Å². The number of aromatic nitrogens is 5. The van der Waals surface area contributed by atoms with Crippen molar-refractivity contribution in [2.75, 3.05) is 18.0 Å². The van der Waals surface area contributed by atoms with E-state index >= 15 is 0 Å². The molecule has 1 saturated heterocycles. The summed E-state index contributed by atoms with van der Waals surface area (Å²) >= 11 is 0. The number of aromatic amines is 1. The Kier molecular flexibility index (Phi) is 5.81. The van der Waals surface area contributed by atoms with E-state index in [1.165, 1.54) is 0 Å². The molecule has 1 amide bonds. The third kappa shape index (κ3) is 4.40. The fourth-order valence-corrected chi connectivity index (χ4v) is 3.61. The molecule has 152 valence electrons. The fourth-order valence-electron chi connectivity index (χ4n) is 3.61. The van der Waals surface area contributed by atoms with Gasteiger partial charge in [0.05, 0.1) is 6.04 Å². The molecule has 1 unspecified atom stereocenters. The summed E-state index contributed by atoms with van der Waals surface area (Å²) in [7, 11) is 0. The van der Waals surface area contributed by atoms with Gasteiger partial charge in [0.1, 0.15) is 11.6 Å². The number of hydrogen-bond acceptors (Lipinski definition) is 6. The average molecular weight is 387 g/mol. The topological polar surface area (TPSA) is 109 Å². The second-order valence-corrected chi connectivity index (χ2v) is 7.63. The highest BCUT2D eigenvalue weighted by atomic mass is 16.1. The van der Waals surface area contributed by atoms with Gasteiger partial charge in [-0.15, -0.1) is 0 Å². The lowest BCUT2D eigenvalue weighted by Gasteiger charge is -2.33. The van der Waals surface area contributed by atoms with E-state index in [9.17, 15) is 9.59 Å². The Labute approximate surface area is 164 Å². The molecule has 2 aromatic rings. The third-order valence-corrected chi connectivity index (χ3v) is 5.35. The highest BCUT2D eigenvalue weighted by Crippen LogP contribution is 2.17. The SMILES string of the molecule is Cc1nc(C)n(C(C)CC(=O)NC2CCN(c3nc(C)c(C)c(=O)[nH]3)CC2)n1. The highest BCUT2D eigenvalue weighted by Gasteiger charge is 2.23. The first-order valence-corrected chi connectivity index (χ1v) is 9.76. The van der Waals surface area contributed by atoms with Gasteiger partial charge in [0, 0.05) is 36.8 Å². The highest BCUT2D eigenvalue weighted by molar-refractivity contribution is 5.76. The van der Waals surface area contributed by atoms with Gasteiger partial charge in [-0.2, -0.15) is 5.10 Å². The largest absolute Gasteiger partial charge is 0.353 e. The molecule has 3 rings (SSSR count). The quantitative estimate of drug-likeness (QED) is 0.801. The zero-order valence-electron chi connectivity index (χ0n) is 17.2. The van der Waals surface area contributed by atoms with Crippen molar-refractivity contribution in [2.24, 2.45) is 0 Å². The summed E-state index contributed by atoms with van der Waals surface area (Å²) in [5.74, 6) is 2.18. The van der Waals surface area contributed by atoms with Crippen molar-refractivity contribution in [1.82, 2.24) is 30.0 Å². The fraction of sp³-hybridized carbons (Fsp3) is 0.632. The van der Waals surface area contributed by atoms with E-state index in [1.807, 2.05) is 27.7 Å². The Morgan fingerprint density at radius 2 is 1.89 bits per heavy atom. The van der Waals surface area contributed by atoms with Crippen LogP contribution in [0.4, 0.5) is 5.95 Å². The summed E-state index contributed by atoms with van der Waals surface area (Å²) in [6.07, 6.45) is 2.01. The lowest BCUT2D eigenvalue weighted by molar-refractivity contribution is -0.122. The van der Waals surface area contributed by atoms with Crippen molar-refractivity contribution in [1.29, 1.82) is 0 Å². The molecule has 3 heterocycles. The Bertz CT molecular complexity index is 909. The van der Waals surface area contributed by atoms with Gasteiger partial charge >= 0.3 is 0 Å². The number of carbonyl (C=O) groups is 1. The minimum atomic E-state index is -0.0921. The van der Waals surface area contributed by atoms with Crippen molar-refractivity contribution >= 4 is 11.9 Å². The number of rotatable bonds is 5. The molecule has 1 aliphatic heterocycles. The molecule has 0 saturated carbocycles. The van der Waals surface area contributed by atoms with Crippen LogP contribution in [0.1, 0.15) is 55.1 Å². The molecular weight excluding hydrogens is 358 g/mol. The predicted octanol–water partition coefficient (Wildman–Crippen LogP) is 1.33. The van der Waals surface area contributed by atoms with Crippen LogP contribution in [0.25, 0.3) is 0 Å². The van der Waals surface area contributed by atoms with Gasteiger partial charge in [0.25, 0.3) is 5.56 Å². The maximum Gasteiger partial charge on any atom is 0.255 e. The monoisotopic (exact) mass is 387 g/mol. The number of nitrogens with one attached hydrogen (secondary N) is 2. The van der Waals surface area contributed by atoms with E-state index in [-0.39, 0.29) is 23.6 Å². The van der Waals surface area contributed by atoms with Gasteiger partial charge < -0.3 is 10.2 Å². The standard InChI is InChI=1S/C19H29N7O2/c1-11(26-15(5)21-14(4)24-26)10-17(27)22-16-6-8-25(9-7-16)19-20-13(3)12(2)18(28)23-19/h11,16H,6-10H2,1-5H3,(H,22,27)(H,20,23,28). The van der Waals surface area contributed by atoms with Crippen molar-refractivity contribution in [2.45, 2.75) is 66.0 Å². The Hall–Kier alpha value is -2.71. The van der Waals surface area contributed by atoms with Crippen molar-refractivity contribution in [3.63, 3.8) is 0 Å². The average Bonchev–Trinajstić information content (AvgIpc) is 2.98. The molecule has 1 aliphatic rings. The summed E-state index contributed by atoms with van der Waals surface area (Å²) in [5, 5.41) is 7.49. The zero-order chi connectivity index (χ0) is 20.4. The molecule has 9 heteroatoms. The number of aryl methyl sites for hydroxylation is 3. The molecule has 0 bridgehead atoms. The molecule has 0 spiro atoms. The first kappa shape index (κ1) is 20.0. The first-order chi connectivity index (χ1) is 13.2. The number of amides is 1. The molecule has 9 nitrogen and oxygen atoms in total. The van der Waals surface area contributed by atoms with Gasteiger partial charge in [-0.05, 0) is 47.5 Å². The molecule has 1 atom stereocenters.